The standard InChI is InChI=1S/C30H27N3O4S/c1-21-8-7-9-22(20-21)28(34)31-23-14-16-24(17-15-23)32-30(38)33-29(35)26-12-5-6-13-27(26)37-19-18-36-25-10-3-2-4-11-25/h2-17,20H,18-19H2,1H3,(H,31,34)(H2,32,33,35,38). The average molecular weight is 526 g/mol. The fourth-order valence-electron chi connectivity index (χ4n) is 3.57. The molecule has 0 saturated heterocycles. The van der Waals surface area contributed by atoms with Crippen molar-refractivity contribution in [3.05, 3.63) is 120 Å². The van der Waals surface area contributed by atoms with Crippen LogP contribution in [0.2, 0.25) is 0 Å². The number of carbonyl (C=O) groups excluding carboxylic acids is 2. The van der Waals surface area contributed by atoms with Gasteiger partial charge in [0, 0.05) is 16.9 Å². The van der Waals surface area contributed by atoms with Crippen LogP contribution in [0.1, 0.15) is 26.3 Å². The summed E-state index contributed by atoms with van der Waals surface area (Å²) in [6.45, 7) is 2.54. The normalized spacial score (nSPS) is 10.2. The van der Waals surface area contributed by atoms with Crippen molar-refractivity contribution in [1.82, 2.24) is 5.32 Å². The maximum absolute atomic E-state index is 12.9. The Hall–Kier alpha value is -4.69. The van der Waals surface area contributed by atoms with Gasteiger partial charge in [0.25, 0.3) is 11.8 Å². The van der Waals surface area contributed by atoms with Gasteiger partial charge in [-0.15, -0.1) is 0 Å². The van der Waals surface area contributed by atoms with Gasteiger partial charge in [-0.3, -0.25) is 14.9 Å². The summed E-state index contributed by atoms with van der Waals surface area (Å²) in [5.74, 6) is 0.590. The SMILES string of the molecule is Cc1cccc(C(=O)Nc2ccc(NC(=S)NC(=O)c3ccccc3OCCOc3ccccc3)cc2)c1. The van der Waals surface area contributed by atoms with Gasteiger partial charge in [-0.25, -0.2) is 0 Å². The zero-order valence-electron chi connectivity index (χ0n) is 20.8. The number of para-hydroxylation sites is 2. The number of amides is 2. The number of nitrogens with one attached hydrogen (secondary N) is 3. The van der Waals surface area contributed by atoms with E-state index in [0.717, 1.165) is 11.3 Å². The summed E-state index contributed by atoms with van der Waals surface area (Å²) in [7, 11) is 0. The molecule has 0 spiro atoms. The average Bonchev–Trinajstić information content (AvgIpc) is 2.93. The van der Waals surface area contributed by atoms with Crippen LogP contribution in [0, 0.1) is 6.92 Å². The van der Waals surface area contributed by atoms with E-state index < -0.39 is 5.91 Å². The van der Waals surface area contributed by atoms with Gasteiger partial charge in [-0.05, 0) is 79.8 Å². The monoisotopic (exact) mass is 525 g/mol. The molecule has 2 amide bonds. The van der Waals surface area contributed by atoms with Crippen molar-refractivity contribution in [3.8, 4) is 11.5 Å². The first-order chi connectivity index (χ1) is 18.5. The highest BCUT2D eigenvalue weighted by atomic mass is 32.1. The molecule has 7 nitrogen and oxygen atoms in total. The zero-order chi connectivity index (χ0) is 26.7. The van der Waals surface area contributed by atoms with Gasteiger partial charge in [0.2, 0.25) is 0 Å². The van der Waals surface area contributed by atoms with Crippen LogP contribution in [0.3, 0.4) is 0 Å². The molecule has 0 aliphatic carbocycles. The summed E-state index contributed by atoms with van der Waals surface area (Å²) in [6.07, 6.45) is 0. The topological polar surface area (TPSA) is 88.7 Å². The third-order valence-corrected chi connectivity index (χ3v) is 5.60. The molecule has 3 N–H and O–H groups in total. The minimum Gasteiger partial charge on any atom is -0.490 e. The number of rotatable bonds is 9. The minimum atomic E-state index is -0.399. The van der Waals surface area contributed by atoms with E-state index in [1.165, 1.54) is 0 Å². The van der Waals surface area contributed by atoms with E-state index in [-0.39, 0.29) is 17.6 Å². The number of carbonyl (C=O) groups is 2. The predicted octanol–water partition coefficient (Wildman–Crippen LogP) is 5.83. The van der Waals surface area contributed by atoms with Gasteiger partial charge in [-0.1, -0.05) is 48.0 Å². The van der Waals surface area contributed by atoms with E-state index in [2.05, 4.69) is 16.0 Å². The lowest BCUT2D eigenvalue weighted by atomic mass is 10.1. The maximum Gasteiger partial charge on any atom is 0.261 e. The molecular formula is C30H27N3O4S. The van der Waals surface area contributed by atoms with Crippen molar-refractivity contribution < 1.29 is 19.1 Å². The summed E-state index contributed by atoms with van der Waals surface area (Å²) in [5.41, 5.74) is 3.25. The molecule has 0 aromatic heterocycles. The second-order valence-electron chi connectivity index (χ2n) is 8.32. The van der Waals surface area contributed by atoms with E-state index in [0.29, 0.717) is 34.9 Å². The lowest BCUT2D eigenvalue weighted by Crippen LogP contribution is -2.34. The van der Waals surface area contributed by atoms with E-state index in [1.54, 1.807) is 54.6 Å². The fraction of sp³-hybridized carbons (Fsp3) is 0.100. The van der Waals surface area contributed by atoms with E-state index in [4.69, 9.17) is 21.7 Å². The van der Waals surface area contributed by atoms with Crippen LogP contribution in [0.4, 0.5) is 11.4 Å². The first-order valence-corrected chi connectivity index (χ1v) is 12.4. The highest BCUT2D eigenvalue weighted by molar-refractivity contribution is 7.80. The van der Waals surface area contributed by atoms with Crippen molar-refractivity contribution in [2.24, 2.45) is 0 Å². The third kappa shape index (κ3) is 7.65. The number of ether oxygens (including phenoxy) is 2. The number of thiocarbonyl (C=S) groups is 1. The highest BCUT2D eigenvalue weighted by Gasteiger charge is 2.14. The summed E-state index contributed by atoms with van der Waals surface area (Å²) >= 11 is 5.32. The second kappa shape index (κ2) is 13.0. The quantitative estimate of drug-likeness (QED) is 0.188. The third-order valence-electron chi connectivity index (χ3n) is 5.39. The molecule has 0 aliphatic rings. The number of aryl methyl sites for hydroxylation is 1. The largest absolute Gasteiger partial charge is 0.490 e. The van der Waals surface area contributed by atoms with E-state index in [9.17, 15) is 9.59 Å². The molecule has 0 atom stereocenters. The van der Waals surface area contributed by atoms with Crippen molar-refractivity contribution in [2.45, 2.75) is 6.92 Å². The highest BCUT2D eigenvalue weighted by Crippen LogP contribution is 2.19. The van der Waals surface area contributed by atoms with E-state index in [1.807, 2.05) is 55.5 Å². The molecule has 4 aromatic carbocycles. The number of hydrogen-bond donors (Lipinski definition) is 3. The summed E-state index contributed by atoms with van der Waals surface area (Å²) in [4.78, 5) is 25.3. The van der Waals surface area contributed by atoms with Crippen LogP contribution in [0.25, 0.3) is 0 Å². The van der Waals surface area contributed by atoms with Gasteiger partial charge < -0.3 is 20.1 Å². The zero-order valence-corrected chi connectivity index (χ0v) is 21.6. The minimum absolute atomic E-state index is 0.133. The van der Waals surface area contributed by atoms with Crippen LogP contribution >= 0.6 is 12.2 Å². The molecule has 0 unspecified atom stereocenters. The first kappa shape index (κ1) is 26.4. The molecular weight excluding hydrogens is 498 g/mol. The number of benzene rings is 4. The second-order valence-corrected chi connectivity index (χ2v) is 8.72. The summed E-state index contributed by atoms with van der Waals surface area (Å²) < 4.78 is 11.4. The first-order valence-electron chi connectivity index (χ1n) is 12.0. The molecule has 4 aromatic rings. The molecule has 0 bridgehead atoms. The van der Waals surface area contributed by atoms with Crippen molar-refractivity contribution in [1.29, 1.82) is 0 Å². The van der Waals surface area contributed by atoms with Gasteiger partial charge >= 0.3 is 0 Å². The molecule has 0 heterocycles. The lowest BCUT2D eigenvalue weighted by molar-refractivity contribution is 0.0971. The Morgan fingerprint density at radius 1 is 0.711 bits per heavy atom. The lowest BCUT2D eigenvalue weighted by Gasteiger charge is -2.14. The number of hydrogen-bond acceptors (Lipinski definition) is 5. The molecule has 38 heavy (non-hydrogen) atoms. The van der Waals surface area contributed by atoms with Crippen LogP contribution in [0.5, 0.6) is 11.5 Å². The molecule has 0 fully saturated rings. The Balaban J connectivity index is 1.27. The molecule has 0 aliphatic heterocycles. The van der Waals surface area contributed by atoms with Crippen LogP contribution in [-0.4, -0.2) is 30.1 Å². The summed E-state index contributed by atoms with van der Waals surface area (Å²) in [5, 5.41) is 8.65. The van der Waals surface area contributed by atoms with E-state index >= 15 is 0 Å². The smallest absolute Gasteiger partial charge is 0.261 e. The fourth-order valence-corrected chi connectivity index (χ4v) is 3.78. The van der Waals surface area contributed by atoms with Crippen LogP contribution < -0.4 is 25.4 Å². The van der Waals surface area contributed by atoms with Gasteiger partial charge in [0.1, 0.15) is 24.7 Å². The van der Waals surface area contributed by atoms with Crippen molar-refractivity contribution in [2.75, 3.05) is 23.8 Å². The van der Waals surface area contributed by atoms with Gasteiger partial charge in [0.05, 0.1) is 5.56 Å². The van der Waals surface area contributed by atoms with Gasteiger partial charge in [0.15, 0.2) is 5.11 Å². The molecule has 4 rings (SSSR count). The number of anilines is 2. The summed E-state index contributed by atoms with van der Waals surface area (Å²) in [6, 6.07) is 30.8. The van der Waals surface area contributed by atoms with Gasteiger partial charge in [-0.2, -0.15) is 0 Å². The Labute approximate surface area is 226 Å². The maximum atomic E-state index is 12.9. The van der Waals surface area contributed by atoms with Crippen LogP contribution in [-0.2, 0) is 0 Å². The Morgan fingerprint density at radius 3 is 2.11 bits per heavy atom. The predicted molar refractivity (Wildman–Crippen MR) is 153 cm³/mol. The molecule has 8 heteroatoms. The molecule has 192 valence electrons. The van der Waals surface area contributed by atoms with Crippen molar-refractivity contribution >= 4 is 40.5 Å². The Bertz CT molecular complexity index is 1410. The Morgan fingerprint density at radius 2 is 1.37 bits per heavy atom. The molecule has 0 saturated carbocycles. The van der Waals surface area contributed by atoms with Crippen molar-refractivity contribution in [3.63, 3.8) is 0 Å². The Kier molecular flexibility index (Phi) is 9.04. The van der Waals surface area contributed by atoms with Crippen LogP contribution in [0.15, 0.2) is 103 Å². The molecule has 0 radical (unpaired) electrons.